The molecule has 0 fully saturated rings. The minimum atomic E-state index is 1.05. The SMILES string of the molecule is CC1=CCc2cc(C)nn2CC1. The molecule has 0 atom stereocenters. The minimum absolute atomic E-state index is 1.05. The van der Waals surface area contributed by atoms with E-state index in [0.717, 1.165) is 25.1 Å². The second-order valence-corrected chi connectivity index (χ2v) is 3.50. The highest BCUT2D eigenvalue weighted by Gasteiger charge is 2.07. The quantitative estimate of drug-likeness (QED) is 0.534. The third-order valence-electron chi connectivity index (χ3n) is 2.36. The van der Waals surface area contributed by atoms with E-state index >= 15 is 0 Å². The third-order valence-corrected chi connectivity index (χ3v) is 2.36. The van der Waals surface area contributed by atoms with Gasteiger partial charge in [0.1, 0.15) is 0 Å². The Morgan fingerprint density at radius 2 is 2.25 bits per heavy atom. The molecular formula is C10H14N2. The number of rotatable bonds is 0. The first-order valence-electron chi connectivity index (χ1n) is 4.44. The molecule has 0 saturated carbocycles. The molecule has 1 aromatic rings. The second kappa shape index (κ2) is 2.77. The van der Waals surface area contributed by atoms with Gasteiger partial charge in [-0.25, -0.2) is 0 Å². The van der Waals surface area contributed by atoms with Gasteiger partial charge in [0.25, 0.3) is 0 Å². The van der Waals surface area contributed by atoms with Crippen LogP contribution in [-0.4, -0.2) is 9.78 Å². The largest absolute Gasteiger partial charge is 0.269 e. The average Bonchev–Trinajstić information content (AvgIpc) is 2.31. The molecule has 0 N–H and O–H groups in total. The highest BCUT2D eigenvalue weighted by molar-refractivity contribution is 5.16. The lowest BCUT2D eigenvalue weighted by Crippen LogP contribution is -2.02. The fraction of sp³-hybridized carbons (Fsp3) is 0.500. The fourth-order valence-electron chi connectivity index (χ4n) is 1.62. The summed E-state index contributed by atoms with van der Waals surface area (Å²) in [6, 6.07) is 2.18. The van der Waals surface area contributed by atoms with Crippen LogP contribution in [0.2, 0.25) is 0 Å². The topological polar surface area (TPSA) is 17.8 Å². The summed E-state index contributed by atoms with van der Waals surface area (Å²) in [5.41, 5.74) is 3.97. The molecule has 0 saturated heterocycles. The van der Waals surface area contributed by atoms with Gasteiger partial charge in [-0.15, -0.1) is 0 Å². The Hall–Kier alpha value is -1.05. The molecule has 1 aliphatic heterocycles. The molecule has 1 aromatic heterocycles. The van der Waals surface area contributed by atoms with Gasteiger partial charge in [-0.3, -0.25) is 4.68 Å². The lowest BCUT2D eigenvalue weighted by atomic mass is 10.2. The molecule has 0 amide bonds. The maximum Gasteiger partial charge on any atom is 0.0596 e. The van der Waals surface area contributed by atoms with Crippen LogP contribution in [0.4, 0.5) is 0 Å². The van der Waals surface area contributed by atoms with E-state index in [4.69, 9.17) is 0 Å². The summed E-state index contributed by atoms with van der Waals surface area (Å²) in [5, 5.41) is 4.43. The zero-order chi connectivity index (χ0) is 8.55. The molecule has 2 nitrogen and oxygen atoms in total. The van der Waals surface area contributed by atoms with Gasteiger partial charge in [0.05, 0.1) is 5.69 Å². The maximum atomic E-state index is 4.43. The van der Waals surface area contributed by atoms with Gasteiger partial charge >= 0.3 is 0 Å². The monoisotopic (exact) mass is 162 g/mol. The summed E-state index contributed by atoms with van der Waals surface area (Å²) in [6.07, 6.45) is 4.50. The van der Waals surface area contributed by atoms with E-state index in [9.17, 15) is 0 Å². The first kappa shape index (κ1) is 7.59. The molecule has 2 heteroatoms. The van der Waals surface area contributed by atoms with Gasteiger partial charge in [-0.2, -0.15) is 5.10 Å². The zero-order valence-corrected chi connectivity index (χ0v) is 7.67. The number of fused-ring (bicyclic) bond motifs is 1. The summed E-state index contributed by atoms with van der Waals surface area (Å²) in [4.78, 5) is 0. The normalized spacial score (nSPS) is 16.7. The summed E-state index contributed by atoms with van der Waals surface area (Å²) in [6.45, 7) is 5.29. The Morgan fingerprint density at radius 3 is 3.08 bits per heavy atom. The van der Waals surface area contributed by atoms with Crippen molar-refractivity contribution in [3.05, 3.63) is 29.1 Å². The molecule has 0 spiro atoms. The Kier molecular flexibility index (Phi) is 1.75. The van der Waals surface area contributed by atoms with Gasteiger partial charge < -0.3 is 0 Å². The van der Waals surface area contributed by atoms with Crippen LogP contribution in [0.5, 0.6) is 0 Å². The van der Waals surface area contributed by atoms with E-state index in [1.165, 1.54) is 11.3 Å². The van der Waals surface area contributed by atoms with Gasteiger partial charge in [-0.05, 0) is 26.3 Å². The van der Waals surface area contributed by atoms with Crippen LogP contribution in [0.25, 0.3) is 0 Å². The number of allylic oxidation sites excluding steroid dienone is 2. The molecule has 0 aliphatic carbocycles. The van der Waals surface area contributed by atoms with Crippen molar-refractivity contribution in [2.24, 2.45) is 0 Å². The van der Waals surface area contributed by atoms with Crippen LogP contribution in [0.1, 0.15) is 24.7 Å². The summed E-state index contributed by atoms with van der Waals surface area (Å²) in [7, 11) is 0. The van der Waals surface area contributed by atoms with E-state index in [1.54, 1.807) is 0 Å². The van der Waals surface area contributed by atoms with E-state index in [0.29, 0.717) is 0 Å². The van der Waals surface area contributed by atoms with E-state index < -0.39 is 0 Å². The van der Waals surface area contributed by atoms with Crippen molar-refractivity contribution in [3.8, 4) is 0 Å². The van der Waals surface area contributed by atoms with Crippen LogP contribution < -0.4 is 0 Å². The van der Waals surface area contributed by atoms with E-state index in [2.05, 4.69) is 35.8 Å². The van der Waals surface area contributed by atoms with Crippen LogP contribution >= 0.6 is 0 Å². The molecule has 12 heavy (non-hydrogen) atoms. The molecule has 0 bridgehead atoms. The van der Waals surface area contributed by atoms with Crippen molar-refractivity contribution in [3.63, 3.8) is 0 Å². The smallest absolute Gasteiger partial charge is 0.0596 e. The molecular weight excluding hydrogens is 148 g/mol. The highest BCUT2D eigenvalue weighted by Crippen LogP contribution is 2.14. The zero-order valence-electron chi connectivity index (χ0n) is 7.67. The van der Waals surface area contributed by atoms with Crippen molar-refractivity contribution in [2.75, 3.05) is 0 Å². The lowest BCUT2D eigenvalue weighted by Gasteiger charge is -2.00. The van der Waals surface area contributed by atoms with Gasteiger partial charge in [0.2, 0.25) is 0 Å². The second-order valence-electron chi connectivity index (χ2n) is 3.50. The summed E-state index contributed by atoms with van der Waals surface area (Å²) >= 11 is 0. The van der Waals surface area contributed by atoms with E-state index in [1.807, 2.05) is 0 Å². The van der Waals surface area contributed by atoms with Gasteiger partial charge in [-0.1, -0.05) is 11.6 Å². The number of aryl methyl sites for hydroxylation is 2. The predicted molar refractivity (Wildman–Crippen MR) is 49.0 cm³/mol. The predicted octanol–water partition coefficient (Wildman–Crippen LogP) is 2.08. The van der Waals surface area contributed by atoms with Crippen LogP contribution in [0.3, 0.4) is 0 Å². The average molecular weight is 162 g/mol. The first-order chi connectivity index (χ1) is 5.75. The number of hydrogen-bond acceptors (Lipinski definition) is 1. The first-order valence-corrected chi connectivity index (χ1v) is 4.44. The fourth-order valence-corrected chi connectivity index (χ4v) is 1.62. The van der Waals surface area contributed by atoms with Crippen molar-refractivity contribution < 1.29 is 0 Å². The van der Waals surface area contributed by atoms with Crippen LogP contribution in [-0.2, 0) is 13.0 Å². The Labute approximate surface area is 72.9 Å². The molecule has 2 heterocycles. The number of nitrogens with zero attached hydrogens (tertiary/aromatic N) is 2. The molecule has 0 radical (unpaired) electrons. The van der Waals surface area contributed by atoms with Crippen LogP contribution in [0, 0.1) is 6.92 Å². The number of hydrogen-bond donors (Lipinski definition) is 0. The van der Waals surface area contributed by atoms with Gasteiger partial charge in [0, 0.05) is 18.7 Å². The molecule has 2 rings (SSSR count). The van der Waals surface area contributed by atoms with Crippen molar-refractivity contribution in [1.82, 2.24) is 9.78 Å². The van der Waals surface area contributed by atoms with Crippen molar-refractivity contribution >= 4 is 0 Å². The van der Waals surface area contributed by atoms with E-state index in [-0.39, 0.29) is 0 Å². The summed E-state index contributed by atoms with van der Waals surface area (Å²) in [5.74, 6) is 0. The Balaban J connectivity index is 2.34. The van der Waals surface area contributed by atoms with Gasteiger partial charge in [0.15, 0.2) is 0 Å². The Morgan fingerprint density at radius 1 is 1.42 bits per heavy atom. The molecule has 64 valence electrons. The standard InChI is InChI=1S/C10H14N2/c1-8-3-4-10-7-9(2)11-12(10)6-5-8/h3,7H,4-6H2,1-2H3. The maximum absolute atomic E-state index is 4.43. The number of aromatic nitrogens is 2. The third kappa shape index (κ3) is 1.29. The summed E-state index contributed by atoms with van der Waals surface area (Å²) < 4.78 is 2.13. The minimum Gasteiger partial charge on any atom is -0.269 e. The van der Waals surface area contributed by atoms with Crippen LogP contribution in [0.15, 0.2) is 17.7 Å². The molecule has 0 aromatic carbocycles. The van der Waals surface area contributed by atoms with Crippen molar-refractivity contribution in [1.29, 1.82) is 0 Å². The van der Waals surface area contributed by atoms with Crippen molar-refractivity contribution in [2.45, 2.75) is 33.2 Å². The Bertz CT molecular complexity index is 321. The molecule has 1 aliphatic rings. The highest BCUT2D eigenvalue weighted by atomic mass is 15.3. The lowest BCUT2D eigenvalue weighted by molar-refractivity contribution is 0.596. The molecule has 0 unspecified atom stereocenters.